The Labute approximate surface area is 124 Å². The summed E-state index contributed by atoms with van der Waals surface area (Å²) in [5.74, 6) is 0. The molecule has 1 heteroatoms. The molecule has 0 radical (unpaired) electrons. The van der Waals surface area contributed by atoms with E-state index in [1.54, 1.807) is 10.4 Å². The van der Waals surface area contributed by atoms with E-state index in [0.717, 1.165) is 0 Å². The second-order valence-corrected chi connectivity index (χ2v) is 12.4. The highest BCUT2D eigenvalue weighted by Gasteiger charge is 2.49. The Balaban J connectivity index is 2.78. The van der Waals surface area contributed by atoms with Gasteiger partial charge in [0.25, 0.3) is 0 Å². The Hall–Kier alpha value is -1.34. The summed E-state index contributed by atoms with van der Waals surface area (Å²) in [4.78, 5) is 0. The van der Waals surface area contributed by atoms with Gasteiger partial charge in [-0.15, -0.1) is 0 Å². The molecule has 20 heavy (non-hydrogen) atoms. The molecule has 0 nitrogen and oxygen atoms in total. The van der Waals surface area contributed by atoms with Gasteiger partial charge in [0.2, 0.25) is 0 Å². The molecule has 0 atom stereocenters. The van der Waals surface area contributed by atoms with Gasteiger partial charge in [0.15, 0.2) is 0 Å². The van der Waals surface area contributed by atoms with Crippen LogP contribution >= 0.6 is 0 Å². The van der Waals surface area contributed by atoms with Gasteiger partial charge in [-0.2, -0.15) is 0 Å². The first-order chi connectivity index (χ1) is 9.40. The molecule has 0 spiro atoms. The molecule has 0 unspecified atom stereocenters. The van der Waals surface area contributed by atoms with Crippen molar-refractivity contribution in [1.29, 1.82) is 0 Å². The van der Waals surface area contributed by atoms with E-state index in [-0.39, 0.29) is 5.04 Å². The zero-order valence-electron chi connectivity index (χ0n) is 13.4. The van der Waals surface area contributed by atoms with Gasteiger partial charge in [0.1, 0.15) is 8.07 Å². The molecule has 0 amide bonds. The summed E-state index contributed by atoms with van der Waals surface area (Å²) >= 11 is 0. The number of hydrogen-bond donors (Lipinski definition) is 0. The van der Waals surface area contributed by atoms with Crippen molar-refractivity contribution in [2.75, 3.05) is 0 Å². The summed E-state index contributed by atoms with van der Waals surface area (Å²) in [7, 11) is -1.83. The summed E-state index contributed by atoms with van der Waals surface area (Å²) in [5.41, 5.74) is 0.660. The van der Waals surface area contributed by atoms with Crippen molar-refractivity contribution in [3.8, 4) is 0 Å². The van der Waals surface area contributed by atoms with Crippen LogP contribution in [0.15, 0.2) is 60.7 Å². The summed E-state index contributed by atoms with van der Waals surface area (Å²) in [6, 6.07) is 22.3. The van der Waals surface area contributed by atoms with Crippen LogP contribution in [0.5, 0.6) is 0 Å². The lowest BCUT2D eigenvalue weighted by molar-refractivity contribution is 0.709. The van der Waals surface area contributed by atoms with Crippen LogP contribution in [0.4, 0.5) is 0 Å². The Morgan fingerprint density at radius 2 is 1.05 bits per heavy atom. The molecule has 2 aromatic carbocycles. The smallest absolute Gasteiger partial charge is 0.0645 e. The zero-order chi connectivity index (χ0) is 14.8. The van der Waals surface area contributed by atoms with Crippen molar-refractivity contribution in [1.82, 2.24) is 0 Å². The first-order valence-electron chi connectivity index (χ1n) is 7.51. The van der Waals surface area contributed by atoms with E-state index >= 15 is 0 Å². The molecule has 0 N–H and O–H groups in total. The fourth-order valence-corrected chi connectivity index (χ4v) is 10.5. The van der Waals surface area contributed by atoms with Crippen molar-refractivity contribution < 1.29 is 0 Å². The fourth-order valence-electron chi connectivity index (χ4n) is 3.97. The van der Waals surface area contributed by atoms with Gasteiger partial charge in [0.05, 0.1) is 0 Å². The molecule has 0 aliphatic carbocycles. The third-order valence-electron chi connectivity index (χ3n) is 4.51. The second kappa shape index (κ2) is 5.57. The third-order valence-corrected chi connectivity index (χ3v) is 11.1. The van der Waals surface area contributed by atoms with Gasteiger partial charge < -0.3 is 0 Å². The van der Waals surface area contributed by atoms with Gasteiger partial charge >= 0.3 is 0 Å². The first-order valence-corrected chi connectivity index (χ1v) is 9.59. The molecular weight excluding hydrogens is 256 g/mol. The molecule has 2 aromatic rings. The topological polar surface area (TPSA) is 0 Å². The molecule has 106 valence electrons. The van der Waals surface area contributed by atoms with Crippen molar-refractivity contribution in [2.45, 2.75) is 45.2 Å². The molecule has 0 heterocycles. The van der Waals surface area contributed by atoms with Gasteiger partial charge in [-0.05, 0) is 10.6 Å². The quantitative estimate of drug-likeness (QED) is 0.729. The van der Waals surface area contributed by atoms with Crippen molar-refractivity contribution in [3.05, 3.63) is 60.7 Å². The maximum absolute atomic E-state index is 2.42. The number of hydrogen-bond acceptors (Lipinski definition) is 0. The van der Waals surface area contributed by atoms with E-state index in [1.807, 2.05) is 0 Å². The number of rotatable bonds is 3. The third kappa shape index (κ3) is 2.35. The molecular formula is C19H26Si. The largest absolute Gasteiger partial charge is 0.125 e. The standard InChI is InChI=1S/C19H26Si/c1-16(2)20(19(3,4)5,17-12-8-6-9-13-17)18-14-10-7-11-15-18/h6-16H,1-5H3. The molecule has 0 fully saturated rings. The maximum Gasteiger partial charge on any atom is 0.125 e. The van der Waals surface area contributed by atoms with E-state index in [0.29, 0.717) is 5.54 Å². The zero-order valence-corrected chi connectivity index (χ0v) is 14.4. The average Bonchev–Trinajstić information content (AvgIpc) is 2.40. The Kier molecular flexibility index (Phi) is 4.19. The van der Waals surface area contributed by atoms with E-state index in [9.17, 15) is 0 Å². The molecule has 2 rings (SSSR count). The molecule has 0 saturated carbocycles. The van der Waals surface area contributed by atoms with Gasteiger partial charge in [-0.1, -0.05) is 106 Å². The first kappa shape index (κ1) is 15.1. The SMILES string of the molecule is CC(C)[Si](c1ccccc1)(c1ccccc1)C(C)(C)C. The van der Waals surface area contributed by atoms with E-state index in [2.05, 4.69) is 95.3 Å². The van der Waals surface area contributed by atoms with Crippen LogP contribution in [0.3, 0.4) is 0 Å². The summed E-state index contributed by atoms with van der Waals surface area (Å²) in [5, 5.41) is 3.38. The summed E-state index contributed by atoms with van der Waals surface area (Å²) < 4.78 is 0. The summed E-state index contributed by atoms with van der Waals surface area (Å²) in [6.07, 6.45) is 0. The van der Waals surface area contributed by atoms with E-state index in [4.69, 9.17) is 0 Å². The van der Waals surface area contributed by atoms with Crippen LogP contribution in [-0.2, 0) is 0 Å². The van der Waals surface area contributed by atoms with Crippen LogP contribution in [-0.4, -0.2) is 8.07 Å². The molecule has 0 bridgehead atoms. The van der Waals surface area contributed by atoms with Crippen LogP contribution in [0.1, 0.15) is 34.6 Å². The van der Waals surface area contributed by atoms with E-state index in [1.165, 1.54) is 0 Å². The molecule has 0 saturated heterocycles. The summed E-state index contributed by atoms with van der Waals surface area (Å²) in [6.45, 7) is 12.0. The van der Waals surface area contributed by atoms with Crippen molar-refractivity contribution in [2.24, 2.45) is 0 Å². The Bertz CT molecular complexity index is 495. The van der Waals surface area contributed by atoms with Gasteiger partial charge in [-0.3, -0.25) is 0 Å². The lowest BCUT2D eigenvalue weighted by Crippen LogP contribution is -2.66. The number of benzene rings is 2. The van der Waals surface area contributed by atoms with Crippen LogP contribution in [0.2, 0.25) is 10.6 Å². The van der Waals surface area contributed by atoms with Crippen LogP contribution < -0.4 is 10.4 Å². The molecule has 0 aromatic heterocycles. The molecule has 0 aliphatic heterocycles. The van der Waals surface area contributed by atoms with Gasteiger partial charge in [0, 0.05) is 0 Å². The van der Waals surface area contributed by atoms with Crippen LogP contribution in [0, 0.1) is 0 Å². The van der Waals surface area contributed by atoms with Gasteiger partial charge in [-0.25, -0.2) is 0 Å². The van der Waals surface area contributed by atoms with Crippen LogP contribution in [0.25, 0.3) is 0 Å². The lowest BCUT2D eigenvalue weighted by atomic mass is 10.2. The predicted octanol–water partition coefficient (Wildman–Crippen LogP) is 4.46. The highest BCUT2D eigenvalue weighted by atomic mass is 28.3. The lowest BCUT2D eigenvalue weighted by Gasteiger charge is -2.47. The predicted molar refractivity (Wildman–Crippen MR) is 92.7 cm³/mol. The van der Waals surface area contributed by atoms with Crippen molar-refractivity contribution in [3.63, 3.8) is 0 Å². The monoisotopic (exact) mass is 282 g/mol. The minimum Gasteiger partial charge on any atom is -0.0645 e. The molecule has 0 aliphatic rings. The highest BCUT2D eigenvalue weighted by molar-refractivity contribution is 7.05. The fraction of sp³-hybridized carbons (Fsp3) is 0.368. The Morgan fingerprint density at radius 3 is 1.30 bits per heavy atom. The highest BCUT2D eigenvalue weighted by Crippen LogP contribution is 2.42. The normalized spacial score (nSPS) is 12.7. The maximum atomic E-state index is 2.42. The second-order valence-electron chi connectivity index (χ2n) is 6.94. The Morgan fingerprint density at radius 1 is 0.700 bits per heavy atom. The average molecular weight is 283 g/mol. The van der Waals surface area contributed by atoms with Crippen molar-refractivity contribution >= 4 is 18.4 Å². The van der Waals surface area contributed by atoms with E-state index < -0.39 is 8.07 Å². The minimum atomic E-state index is -1.83. The minimum absolute atomic E-state index is 0.282.